The van der Waals surface area contributed by atoms with E-state index in [1.807, 2.05) is 0 Å². The molecule has 0 bridgehead atoms. The fourth-order valence-electron chi connectivity index (χ4n) is 2.18. The van der Waals surface area contributed by atoms with Crippen LogP contribution in [0.2, 0.25) is 0 Å². The molecule has 2 rings (SSSR count). The van der Waals surface area contributed by atoms with Gasteiger partial charge in [-0.05, 0) is 31.1 Å². The summed E-state index contributed by atoms with van der Waals surface area (Å²) in [6.45, 7) is 1.80. The van der Waals surface area contributed by atoms with Crippen molar-refractivity contribution in [1.29, 1.82) is 0 Å². The zero-order valence-electron chi connectivity index (χ0n) is 6.18. The van der Waals surface area contributed by atoms with Crippen molar-refractivity contribution < 1.29 is 9.84 Å². The van der Waals surface area contributed by atoms with Crippen molar-refractivity contribution in [3.63, 3.8) is 0 Å². The van der Waals surface area contributed by atoms with Gasteiger partial charge in [0.1, 0.15) is 0 Å². The minimum atomic E-state index is -0.0401. The maximum Gasteiger partial charge on any atom is 0.0546 e. The Morgan fingerprint density at radius 3 is 2.80 bits per heavy atom. The lowest BCUT2D eigenvalue weighted by molar-refractivity contribution is 0.130. The molecule has 2 fully saturated rings. The zero-order valence-corrected chi connectivity index (χ0v) is 6.18. The summed E-state index contributed by atoms with van der Waals surface area (Å²) < 4.78 is 5.32. The van der Waals surface area contributed by atoms with E-state index >= 15 is 0 Å². The van der Waals surface area contributed by atoms with Gasteiger partial charge in [-0.15, -0.1) is 0 Å². The Kier molecular flexibility index (Phi) is 1.46. The molecule has 1 heterocycles. The van der Waals surface area contributed by atoms with Gasteiger partial charge >= 0.3 is 0 Å². The van der Waals surface area contributed by atoms with Gasteiger partial charge in [0.2, 0.25) is 0 Å². The predicted molar refractivity (Wildman–Crippen MR) is 37.7 cm³/mol. The fraction of sp³-hybridized carbons (Fsp3) is 1.00. The molecule has 1 saturated heterocycles. The quantitative estimate of drug-likeness (QED) is 0.545. The summed E-state index contributed by atoms with van der Waals surface area (Å²) in [5.74, 6) is 0. The van der Waals surface area contributed by atoms with Crippen LogP contribution >= 0.6 is 0 Å². The summed E-state index contributed by atoms with van der Waals surface area (Å²) in [5, 5.41) is 9.30. The fourth-order valence-corrected chi connectivity index (χ4v) is 2.18. The molecule has 2 unspecified atom stereocenters. The molecule has 0 aromatic carbocycles. The number of hydrogen-bond donors (Lipinski definition) is 1. The molecule has 1 aliphatic carbocycles. The van der Waals surface area contributed by atoms with Gasteiger partial charge in [0.15, 0.2) is 0 Å². The first-order valence-corrected chi connectivity index (χ1v) is 4.07. The Labute approximate surface area is 61.2 Å². The second-order valence-corrected chi connectivity index (χ2v) is 3.70. The molecule has 10 heavy (non-hydrogen) atoms. The van der Waals surface area contributed by atoms with E-state index in [0.717, 1.165) is 26.1 Å². The normalized spacial score (nSPS) is 47.1. The summed E-state index contributed by atoms with van der Waals surface area (Å²) in [6, 6.07) is 0. The standard InChI is InChI=1S/C8H14O2/c9-7-1-2-8(5-7)3-4-10-6-8/h7,9H,1-6H2. The topological polar surface area (TPSA) is 29.5 Å². The highest BCUT2D eigenvalue weighted by atomic mass is 16.5. The third-order valence-electron chi connectivity index (χ3n) is 2.86. The molecular formula is C8H14O2. The lowest BCUT2D eigenvalue weighted by Gasteiger charge is -2.18. The summed E-state index contributed by atoms with van der Waals surface area (Å²) in [5.41, 5.74) is 0.388. The second-order valence-electron chi connectivity index (χ2n) is 3.70. The van der Waals surface area contributed by atoms with Crippen molar-refractivity contribution in [2.24, 2.45) is 5.41 Å². The van der Waals surface area contributed by atoms with E-state index in [9.17, 15) is 5.11 Å². The molecule has 1 saturated carbocycles. The number of ether oxygens (including phenoxy) is 1. The van der Waals surface area contributed by atoms with E-state index in [0.29, 0.717) is 5.41 Å². The summed E-state index contributed by atoms with van der Waals surface area (Å²) in [7, 11) is 0. The summed E-state index contributed by atoms with van der Waals surface area (Å²) >= 11 is 0. The van der Waals surface area contributed by atoms with Crippen LogP contribution in [0.15, 0.2) is 0 Å². The molecule has 1 spiro atoms. The van der Waals surface area contributed by atoms with E-state index in [1.54, 1.807) is 0 Å². The van der Waals surface area contributed by atoms with Gasteiger partial charge in [0, 0.05) is 6.61 Å². The lowest BCUT2D eigenvalue weighted by Crippen LogP contribution is -2.17. The maximum absolute atomic E-state index is 9.30. The number of hydrogen-bond acceptors (Lipinski definition) is 2. The Morgan fingerprint density at radius 2 is 2.30 bits per heavy atom. The van der Waals surface area contributed by atoms with Gasteiger partial charge in [0.25, 0.3) is 0 Å². The van der Waals surface area contributed by atoms with Gasteiger partial charge < -0.3 is 9.84 Å². The van der Waals surface area contributed by atoms with Gasteiger partial charge in [-0.2, -0.15) is 0 Å². The molecule has 2 atom stereocenters. The van der Waals surface area contributed by atoms with Crippen molar-refractivity contribution >= 4 is 0 Å². The number of aliphatic hydroxyl groups excluding tert-OH is 1. The zero-order chi connectivity index (χ0) is 7.03. The smallest absolute Gasteiger partial charge is 0.0546 e. The van der Waals surface area contributed by atoms with Crippen LogP contribution in [0.4, 0.5) is 0 Å². The van der Waals surface area contributed by atoms with Crippen LogP contribution in [-0.4, -0.2) is 24.4 Å². The minimum Gasteiger partial charge on any atom is -0.393 e. The van der Waals surface area contributed by atoms with Gasteiger partial charge in [-0.3, -0.25) is 0 Å². The van der Waals surface area contributed by atoms with E-state index in [-0.39, 0.29) is 6.10 Å². The Hall–Kier alpha value is -0.0800. The van der Waals surface area contributed by atoms with Crippen LogP contribution in [0.1, 0.15) is 25.7 Å². The Bertz CT molecular complexity index is 127. The molecule has 2 aliphatic rings. The molecular weight excluding hydrogens is 128 g/mol. The molecule has 2 heteroatoms. The van der Waals surface area contributed by atoms with Gasteiger partial charge in [-0.1, -0.05) is 0 Å². The highest BCUT2D eigenvalue weighted by Gasteiger charge is 2.41. The lowest BCUT2D eigenvalue weighted by atomic mass is 9.86. The monoisotopic (exact) mass is 142 g/mol. The van der Waals surface area contributed by atoms with Crippen molar-refractivity contribution in [3.8, 4) is 0 Å². The third-order valence-corrected chi connectivity index (χ3v) is 2.86. The molecule has 0 aromatic rings. The average molecular weight is 142 g/mol. The first kappa shape index (κ1) is 6.62. The van der Waals surface area contributed by atoms with Gasteiger partial charge in [-0.25, -0.2) is 0 Å². The Balaban J connectivity index is 2.03. The van der Waals surface area contributed by atoms with Crippen LogP contribution in [0.3, 0.4) is 0 Å². The van der Waals surface area contributed by atoms with Crippen molar-refractivity contribution in [2.75, 3.05) is 13.2 Å². The number of aliphatic hydroxyl groups is 1. The molecule has 0 radical (unpaired) electrons. The van der Waals surface area contributed by atoms with E-state index in [4.69, 9.17) is 4.74 Å². The molecule has 0 aromatic heterocycles. The highest BCUT2D eigenvalue weighted by Crippen LogP contribution is 2.44. The molecule has 1 N–H and O–H groups in total. The summed E-state index contributed by atoms with van der Waals surface area (Å²) in [6.07, 6.45) is 4.27. The van der Waals surface area contributed by atoms with Crippen molar-refractivity contribution in [2.45, 2.75) is 31.8 Å². The van der Waals surface area contributed by atoms with Crippen LogP contribution in [-0.2, 0) is 4.74 Å². The summed E-state index contributed by atoms with van der Waals surface area (Å²) in [4.78, 5) is 0. The van der Waals surface area contributed by atoms with E-state index < -0.39 is 0 Å². The Morgan fingerprint density at radius 1 is 1.40 bits per heavy atom. The molecule has 1 aliphatic heterocycles. The molecule has 0 amide bonds. The second kappa shape index (κ2) is 2.21. The third kappa shape index (κ3) is 0.956. The van der Waals surface area contributed by atoms with Crippen LogP contribution < -0.4 is 0 Å². The predicted octanol–water partition coefficient (Wildman–Crippen LogP) is 0.938. The maximum atomic E-state index is 9.30. The largest absolute Gasteiger partial charge is 0.393 e. The molecule has 58 valence electrons. The average Bonchev–Trinajstić information content (AvgIpc) is 2.46. The van der Waals surface area contributed by atoms with Crippen molar-refractivity contribution in [3.05, 3.63) is 0 Å². The highest BCUT2D eigenvalue weighted by molar-refractivity contribution is 4.91. The van der Waals surface area contributed by atoms with Crippen LogP contribution in [0, 0.1) is 5.41 Å². The van der Waals surface area contributed by atoms with E-state index in [2.05, 4.69) is 0 Å². The molecule has 2 nitrogen and oxygen atoms in total. The van der Waals surface area contributed by atoms with Gasteiger partial charge in [0.05, 0.1) is 12.7 Å². The first-order chi connectivity index (χ1) is 4.81. The minimum absolute atomic E-state index is 0.0401. The van der Waals surface area contributed by atoms with Crippen LogP contribution in [0.5, 0.6) is 0 Å². The SMILES string of the molecule is OC1CCC2(CCOC2)C1. The van der Waals surface area contributed by atoms with Crippen molar-refractivity contribution in [1.82, 2.24) is 0 Å². The van der Waals surface area contributed by atoms with Crippen LogP contribution in [0.25, 0.3) is 0 Å². The number of rotatable bonds is 0. The van der Waals surface area contributed by atoms with E-state index in [1.165, 1.54) is 12.8 Å². The first-order valence-electron chi connectivity index (χ1n) is 4.07.